The molecule has 1 atom stereocenters. The maximum Gasteiger partial charge on any atom is 0.149 e. The first-order chi connectivity index (χ1) is 9.11. The van der Waals surface area contributed by atoms with Gasteiger partial charge in [-0.25, -0.2) is 0 Å². The van der Waals surface area contributed by atoms with Gasteiger partial charge in [0.1, 0.15) is 17.9 Å². The molecule has 19 heavy (non-hydrogen) atoms. The highest BCUT2D eigenvalue weighted by molar-refractivity contribution is 5.36. The van der Waals surface area contributed by atoms with E-state index in [0.29, 0.717) is 0 Å². The van der Waals surface area contributed by atoms with Gasteiger partial charge < -0.3 is 14.6 Å². The summed E-state index contributed by atoms with van der Waals surface area (Å²) in [6.07, 6.45) is 1.71. The summed E-state index contributed by atoms with van der Waals surface area (Å²) < 4.78 is 7.30. The second-order valence-corrected chi connectivity index (χ2v) is 4.72. The van der Waals surface area contributed by atoms with Crippen LogP contribution in [0.15, 0.2) is 24.5 Å². The Hall–Kier alpha value is -1.88. The first kappa shape index (κ1) is 13.5. The molecular weight excluding hydrogens is 240 g/mol. The molecule has 1 aromatic carbocycles. The van der Waals surface area contributed by atoms with Crippen LogP contribution in [0.5, 0.6) is 5.75 Å². The predicted molar refractivity (Wildman–Crippen MR) is 74.0 cm³/mol. The summed E-state index contributed by atoms with van der Waals surface area (Å²) in [6, 6.07) is 6.32. The molecule has 0 saturated heterocycles. The summed E-state index contributed by atoms with van der Waals surface area (Å²) in [7, 11) is 3.64. The first-order valence-electron chi connectivity index (χ1n) is 6.32. The predicted octanol–water partition coefficient (Wildman–Crippen LogP) is 1.98. The Kier molecular flexibility index (Phi) is 4.16. The van der Waals surface area contributed by atoms with Crippen LogP contribution in [0.4, 0.5) is 0 Å². The standard InChI is InChI=1S/C14H20N4O/c1-10-5-6-13(19-4)12(7-10)8-15-11(2)14-17-16-9-18(14)3/h5-7,9,11,15H,8H2,1-4H3. The number of aromatic nitrogens is 3. The Balaban J connectivity index is 2.06. The molecule has 1 N–H and O–H groups in total. The molecule has 1 aromatic heterocycles. The van der Waals surface area contributed by atoms with Crippen molar-refractivity contribution < 1.29 is 4.74 Å². The SMILES string of the molecule is COc1ccc(C)cc1CNC(C)c1nncn1C. The number of hydrogen-bond donors (Lipinski definition) is 1. The minimum Gasteiger partial charge on any atom is -0.496 e. The third kappa shape index (κ3) is 3.12. The number of methoxy groups -OCH3 is 1. The molecule has 1 unspecified atom stereocenters. The molecule has 0 fully saturated rings. The average Bonchev–Trinajstić information content (AvgIpc) is 2.82. The van der Waals surface area contributed by atoms with E-state index in [9.17, 15) is 0 Å². The Morgan fingerprint density at radius 1 is 1.42 bits per heavy atom. The molecule has 0 saturated carbocycles. The quantitative estimate of drug-likeness (QED) is 0.893. The van der Waals surface area contributed by atoms with Crippen molar-refractivity contribution in [3.63, 3.8) is 0 Å². The van der Waals surface area contributed by atoms with Crippen molar-refractivity contribution in [3.05, 3.63) is 41.5 Å². The molecule has 0 aliphatic carbocycles. The lowest BCUT2D eigenvalue weighted by molar-refractivity contribution is 0.405. The van der Waals surface area contributed by atoms with E-state index >= 15 is 0 Å². The first-order valence-corrected chi connectivity index (χ1v) is 6.32. The normalized spacial score (nSPS) is 12.4. The molecule has 2 aromatic rings. The maximum atomic E-state index is 5.37. The fourth-order valence-electron chi connectivity index (χ4n) is 2.08. The van der Waals surface area contributed by atoms with E-state index in [-0.39, 0.29) is 6.04 Å². The Bertz CT molecular complexity index is 550. The average molecular weight is 260 g/mol. The molecule has 0 aliphatic heterocycles. The van der Waals surface area contributed by atoms with Crippen LogP contribution in [0, 0.1) is 6.92 Å². The molecule has 2 rings (SSSR count). The number of benzene rings is 1. The van der Waals surface area contributed by atoms with Crippen molar-refractivity contribution in [1.82, 2.24) is 20.1 Å². The van der Waals surface area contributed by atoms with Crippen LogP contribution in [0.3, 0.4) is 0 Å². The van der Waals surface area contributed by atoms with Gasteiger partial charge in [0.15, 0.2) is 0 Å². The fourth-order valence-corrected chi connectivity index (χ4v) is 2.08. The van der Waals surface area contributed by atoms with E-state index in [4.69, 9.17) is 4.74 Å². The van der Waals surface area contributed by atoms with Gasteiger partial charge in [-0.15, -0.1) is 10.2 Å². The van der Waals surface area contributed by atoms with Crippen LogP contribution in [-0.2, 0) is 13.6 Å². The Morgan fingerprint density at radius 3 is 2.84 bits per heavy atom. The smallest absolute Gasteiger partial charge is 0.149 e. The van der Waals surface area contributed by atoms with Gasteiger partial charge in [-0.1, -0.05) is 17.7 Å². The summed E-state index contributed by atoms with van der Waals surface area (Å²) in [4.78, 5) is 0. The summed E-state index contributed by atoms with van der Waals surface area (Å²) in [6.45, 7) is 4.89. The van der Waals surface area contributed by atoms with E-state index < -0.39 is 0 Å². The summed E-state index contributed by atoms with van der Waals surface area (Å²) in [5.74, 6) is 1.83. The van der Waals surface area contributed by atoms with Crippen molar-refractivity contribution in [3.8, 4) is 5.75 Å². The molecule has 5 nitrogen and oxygen atoms in total. The van der Waals surface area contributed by atoms with Gasteiger partial charge in [-0.3, -0.25) is 0 Å². The van der Waals surface area contributed by atoms with Crippen LogP contribution in [0.25, 0.3) is 0 Å². The van der Waals surface area contributed by atoms with E-state index in [0.717, 1.165) is 23.7 Å². The van der Waals surface area contributed by atoms with Crippen LogP contribution >= 0.6 is 0 Å². The van der Waals surface area contributed by atoms with Crippen molar-refractivity contribution in [2.75, 3.05) is 7.11 Å². The van der Waals surface area contributed by atoms with Gasteiger partial charge in [-0.05, 0) is 19.9 Å². The van der Waals surface area contributed by atoms with Gasteiger partial charge in [0, 0.05) is 19.2 Å². The number of aryl methyl sites for hydroxylation is 2. The Labute approximate surface area is 113 Å². The Morgan fingerprint density at radius 2 is 2.21 bits per heavy atom. The highest BCUT2D eigenvalue weighted by atomic mass is 16.5. The highest BCUT2D eigenvalue weighted by Crippen LogP contribution is 2.20. The number of rotatable bonds is 5. The van der Waals surface area contributed by atoms with Crippen LogP contribution < -0.4 is 10.1 Å². The monoisotopic (exact) mass is 260 g/mol. The second-order valence-electron chi connectivity index (χ2n) is 4.72. The molecular formula is C14H20N4O. The highest BCUT2D eigenvalue weighted by Gasteiger charge is 2.11. The summed E-state index contributed by atoms with van der Waals surface area (Å²) >= 11 is 0. The fraction of sp³-hybridized carbons (Fsp3) is 0.429. The zero-order valence-corrected chi connectivity index (χ0v) is 11.8. The van der Waals surface area contributed by atoms with E-state index in [1.807, 2.05) is 17.7 Å². The van der Waals surface area contributed by atoms with Gasteiger partial charge >= 0.3 is 0 Å². The van der Waals surface area contributed by atoms with Gasteiger partial charge in [-0.2, -0.15) is 0 Å². The zero-order chi connectivity index (χ0) is 13.8. The summed E-state index contributed by atoms with van der Waals surface area (Å²) in [5.41, 5.74) is 2.38. The topological polar surface area (TPSA) is 52.0 Å². The number of hydrogen-bond acceptors (Lipinski definition) is 4. The second kappa shape index (κ2) is 5.84. The molecule has 5 heteroatoms. The lowest BCUT2D eigenvalue weighted by Gasteiger charge is -2.15. The van der Waals surface area contributed by atoms with Gasteiger partial charge in [0.25, 0.3) is 0 Å². The van der Waals surface area contributed by atoms with Crippen molar-refractivity contribution in [2.24, 2.45) is 7.05 Å². The molecule has 0 aliphatic rings. The van der Waals surface area contributed by atoms with Crippen molar-refractivity contribution >= 4 is 0 Å². The third-order valence-corrected chi connectivity index (χ3v) is 3.17. The zero-order valence-electron chi connectivity index (χ0n) is 11.8. The maximum absolute atomic E-state index is 5.37. The van der Waals surface area contributed by atoms with E-state index in [2.05, 4.69) is 41.5 Å². The molecule has 0 radical (unpaired) electrons. The molecule has 0 bridgehead atoms. The number of nitrogens with zero attached hydrogens (tertiary/aromatic N) is 3. The minimum atomic E-state index is 0.137. The van der Waals surface area contributed by atoms with Gasteiger partial charge in [0.2, 0.25) is 0 Å². The largest absolute Gasteiger partial charge is 0.496 e. The van der Waals surface area contributed by atoms with Crippen molar-refractivity contribution in [2.45, 2.75) is 26.4 Å². The van der Waals surface area contributed by atoms with E-state index in [1.54, 1.807) is 13.4 Å². The third-order valence-electron chi connectivity index (χ3n) is 3.17. The molecule has 102 valence electrons. The van der Waals surface area contributed by atoms with Gasteiger partial charge in [0.05, 0.1) is 13.2 Å². The van der Waals surface area contributed by atoms with Crippen LogP contribution in [0.2, 0.25) is 0 Å². The molecule has 0 spiro atoms. The number of ether oxygens (including phenoxy) is 1. The number of nitrogens with one attached hydrogen (secondary N) is 1. The summed E-state index contributed by atoms with van der Waals surface area (Å²) in [5, 5.41) is 11.4. The van der Waals surface area contributed by atoms with Crippen LogP contribution in [0.1, 0.15) is 29.9 Å². The molecule has 1 heterocycles. The lowest BCUT2D eigenvalue weighted by atomic mass is 10.1. The lowest BCUT2D eigenvalue weighted by Crippen LogP contribution is -2.21. The van der Waals surface area contributed by atoms with Crippen molar-refractivity contribution in [1.29, 1.82) is 0 Å². The van der Waals surface area contributed by atoms with Crippen LogP contribution in [-0.4, -0.2) is 21.9 Å². The van der Waals surface area contributed by atoms with E-state index in [1.165, 1.54) is 5.56 Å². The minimum absolute atomic E-state index is 0.137. The molecule has 0 amide bonds.